The fourth-order valence-electron chi connectivity index (χ4n) is 2.71. The molecular weight excluding hydrogens is 311 g/mol. The topological polar surface area (TPSA) is 62.5 Å². The number of nitrogens with one attached hydrogen (secondary N) is 1. The second kappa shape index (κ2) is 6.05. The average molecular weight is 327 g/mol. The Hall–Kier alpha value is -2.32. The molecule has 0 aliphatic carbocycles. The summed E-state index contributed by atoms with van der Waals surface area (Å²) in [5.41, 5.74) is 0.645. The molecule has 2 aromatic rings. The highest BCUT2D eigenvalue weighted by atomic mass is 19.4. The summed E-state index contributed by atoms with van der Waals surface area (Å²) < 4.78 is 40.1. The van der Waals surface area contributed by atoms with E-state index < -0.39 is 18.1 Å². The van der Waals surface area contributed by atoms with E-state index in [1.807, 2.05) is 6.07 Å². The van der Waals surface area contributed by atoms with Crippen LogP contribution in [0.2, 0.25) is 0 Å². The lowest BCUT2D eigenvalue weighted by atomic mass is 9.98. The number of rotatable bonds is 2. The minimum absolute atomic E-state index is 0.0715. The minimum atomic E-state index is -4.26. The normalized spacial score (nSPS) is 19.1. The van der Waals surface area contributed by atoms with Crippen LogP contribution in [-0.4, -0.2) is 44.8 Å². The third-order valence-electron chi connectivity index (χ3n) is 3.95. The zero-order valence-electron chi connectivity index (χ0n) is 12.3. The lowest BCUT2D eigenvalue weighted by Gasteiger charge is -2.33. The molecule has 0 spiro atoms. The second-order valence-electron chi connectivity index (χ2n) is 5.53. The number of likely N-dealkylation sites (tertiary alicyclic amines) is 1. The molecule has 2 aromatic heterocycles. The number of alkyl halides is 3. The fourth-order valence-corrected chi connectivity index (χ4v) is 2.71. The van der Waals surface area contributed by atoms with Gasteiger partial charge in [-0.2, -0.15) is 13.2 Å². The summed E-state index contributed by atoms with van der Waals surface area (Å²) >= 11 is 0. The van der Waals surface area contributed by atoms with E-state index in [0.29, 0.717) is 24.4 Å². The smallest absolute Gasteiger partial charge is 0.331 e. The Balaban J connectivity index is 1.61. The number of nitrogens with zero attached hydrogens (tertiary/aromatic N) is 4. The van der Waals surface area contributed by atoms with Crippen molar-refractivity contribution in [1.82, 2.24) is 24.8 Å². The van der Waals surface area contributed by atoms with Gasteiger partial charge in [-0.3, -0.25) is 4.40 Å². The van der Waals surface area contributed by atoms with Crippen LogP contribution in [0.5, 0.6) is 0 Å². The number of hydrogen-bond donors (Lipinski definition) is 1. The van der Waals surface area contributed by atoms with Crippen LogP contribution in [0.4, 0.5) is 18.0 Å². The van der Waals surface area contributed by atoms with Gasteiger partial charge in [0.15, 0.2) is 11.5 Å². The number of amides is 2. The van der Waals surface area contributed by atoms with Crippen LogP contribution in [-0.2, 0) is 6.54 Å². The summed E-state index contributed by atoms with van der Waals surface area (Å²) in [5, 5.41) is 10.5. The van der Waals surface area contributed by atoms with Crippen molar-refractivity contribution in [2.45, 2.75) is 25.6 Å². The number of carbonyl (C=O) groups excluding carboxylic acids is 1. The van der Waals surface area contributed by atoms with Gasteiger partial charge in [-0.1, -0.05) is 6.07 Å². The molecule has 0 aromatic carbocycles. The lowest BCUT2D eigenvalue weighted by molar-refractivity contribution is -0.184. The van der Waals surface area contributed by atoms with Crippen molar-refractivity contribution in [3.05, 3.63) is 30.2 Å². The van der Waals surface area contributed by atoms with E-state index in [2.05, 4.69) is 15.5 Å². The first-order valence-corrected chi connectivity index (χ1v) is 7.33. The number of aromatic nitrogens is 3. The number of hydrogen-bond acceptors (Lipinski definition) is 3. The van der Waals surface area contributed by atoms with Crippen molar-refractivity contribution >= 4 is 11.7 Å². The Labute approximate surface area is 130 Å². The van der Waals surface area contributed by atoms with Gasteiger partial charge in [0.1, 0.15) is 0 Å². The van der Waals surface area contributed by atoms with Gasteiger partial charge in [-0.05, 0) is 25.0 Å². The van der Waals surface area contributed by atoms with Crippen molar-refractivity contribution in [2.75, 3.05) is 13.1 Å². The molecule has 0 unspecified atom stereocenters. The molecule has 1 saturated heterocycles. The van der Waals surface area contributed by atoms with Crippen LogP contribution in [0.1, 0.15) is 18.7 Å². The molecule has 124 valence electrons. The monoisotopic (exact) mass is 327 g/mol. The highest BCUT2D eigenvalue weighted by Gasteiger charge is 2.42. The van der Waals surface area contributed by atoms with Crippen LogP contribution < -0.4 is 5.32 Å². The summed E-state index contributed by atoms with van der Waals surface area (Å²) in [6, 6.07) is 4.89. The maximum atomic E-state index is 12.8. The van der Waals surface area contributed by atoms with Gasteiger partial charge in [-0.25, -0.2) is 4.79 Å². The molecule has 0 bridgehead atoms. The Kier molecular flexibility index (Phi) is 4.10. The molecule has 1 N–H and O–H groups in total. The van der Waals surface area contributed by atoms with Crippen LogP contribution in [0.3, 0.4) is 0 Å². The van der Waals surface area contributed by atoms with Crippen LogP contribution in [0, 0.1) is 5.92 Å². The van der Waals surface area contributed by atoms with E-state index in [-0.39, 0.29) is 19.5 Å². The first-order chi connectivity index (χ1) is 10.9. The molecule has 3 rings (SSSR count). The van der Waals surface area contributed by atoms with Gasteiger partial charge in [0, 0.05) is 19.3 Å². The molecule has 3 heterocycles. The maximum Gasteiger partial charge on any atom is 0.393 e. The van der Waals surface area contributed by atoms with E-state index in [1.54, 1.807) is 22.7 Å². The molecule has 6 nitrogen and oxygen atoms in total. The Morgan fingerprint density at radius 3 is 2.96 bits per heavy atom. The number of piperidine rings is 1. The second-order valence-corrected chi connectivity index (χ2v) is 5.53. The van der Waals surface area contributed by atoms with E-state index in [4.69, 9.17) is 0 Å². The van der Waals surface area contributed by atoms with Crippen molar-refractivity contribution in [1.29, 1.82) is 0 Å². The number of carbonyl (C=O) groups is 1. The van der Waals surface area contributed by atoms with E-state index in [9.17, 15) is 18.0 Å². The lowest BCUT2D eigenvalue weighted by Crippen LogP contribution is -2.48. The predicted octanol–water partition coefficient (Wildman–Crippen LogP) is 2.21. The molecule has 23 heavy (non-hydrogen) atoms. The minimum Gasteiger partial charge on any atom is -0.331 e. The first-order valence-electron chi connectivity index (χ1n) is 7.33. The van der Waals surface area contributed by atoms with Crippen molar-refractivity contribution in [3.8, 4) is 0 Å². The van der Waals surface area contributed by atoms with Gasteiger partial charge < -0.3 is 10.2 Å². The van der Waals surface area contributed by atoms with Crippen LogP contribution in [0.25, 0.3) is 5.65 Å². The Morgan fingerprint density at radius 1 is 1.35 bits per heavy atom. The summed E-state index contributed by atoms with van der Waals surface area (Å²) in [5.74, 6) is -0.922. The van der Waals surface area contributed by atoms with Crippen molar-refractivity contribution in [3.63, 3.8) is 0 Å². The highest BCUT2D eigenvalue weighted by molar-refractivity contribution is 5.74. The zero-order valence-corrected chi connectivity index (χ0v) is 12.3. The number of halogens is 3. The maximum absolute atomic E-state index is 12.8. The van der Waals surface area contributed by atoms with Gasteiger partial charge in [0.25, 0.3) is 0 Å². The number of fused-ring (bicyclic) bond motifs is 1. The highest BCUT2D eigenvalue weighted by Crippen LogP contribution is 2.33. The van der Waals surface area contributed by atoms with Crippen molar-refractivity contribution in [2.24, 2.45) is 5.92 Å². The summed E-state index contributed by atoms with van der Waals surface area (Å²) in [7, 11) is 0. The third kappa shape index (κ3) is 3.38. The first kappa shape index (κ1) is 15.6. The molecule has 9 heteroatoms. The number of urea groups is 1. The largest absolute Gasteiger partial charge is 0.393 e. The SMILES string of the molecule is O=C(NCc1nnc2ccccn12)N1CCC[C@H](C(F)(F)F)C1. The van der Waals surface area contributed by atoms with Gasteiger partial charge in [-0.15, -0.1) is 10.2 Å². The van der Waals surface area contributed by atoms with Gasteiger partial charge in [0.05, 0.1) is 12.5 Å². The molecule has 1 aliphatic rings. The zero-order chi connectivity index (χ0) is 16.4. The number of pyridine rings is 1. The van der Waals surface area contributed by atoms with Crippen LogP contribution in [0.15, 0.2) is 24.4 Å². The quantitative estimate of drug-likeness (QED) is 0.920. The van der Waals surface area contributed by atoms with Crippen molar-refractivity contribution < 1.29 is 18.0 Å². The molecular formula is C14H16F3N5O. The standard InChI is InChI=1S/C14H16F3N5O/c15-14(16,17)10-4-3-6-21(9-10)13(23)18-8-12-20-19-11-5-1-2-7-22(11)12/h1-2,5,7,10H,3-4,6,8-9H2,(H,18,23)/t10-/m0/s1. The van der Waals surface area contributed by atoms with E-state index >= 15 is 0 Å². The molecule has 0 radical (unpaired) electrons. The Morgan fingerprint density at radius 2 is 2.17 bits per heavy atom. The summed E-state index contributed by atoms with van der Waals surface area (Å²) in [6.45, 7) is 0.145. The Bertz CT molecular complexity index is 699. The summed E-state index contributed by atoms with van der Waals surface area (Å²) in [6.07, 6.45) is -2.08. The van der Waals surface area contributed by atoms with E-state index in [1.165, 1.54) is 4.90 Å². The van der Waals surface area contributed by atoms with Crippen LogP contribution >= 0.6 is 0 Å². The fraction of sp³-hybridized carbons (Fsp3) is 0.500. The molecule has 1 fully saturated rings. The third-order valence-corrected chi connectivity index (χ3v) is 3.95. The molecule has 1 atom stereocenters. The predicted molar refractivity (Wildman–Crippen MR) is 75.6 cm³/mol. The molecule has 1 aliphatic heterocycles. The average Bonchev–Trinajstić information content (AvgIpc) is 2.95. The molecule has 0 saturated carbocycles. The molecule has 2 amide bonds. The van der Waals surface area contributed by atoms with Gasteiger partial charge in [0.2, 0.25) is 0 Å². The summed E-state index contributed by atoms with van der Waals surface area (Å²) in [4.78, 5) is 13.3. The van der Waals surface area contributed by atoms with E-state index in [0.717, 1.165) is 0 Å². The van der Waals surface area contributed by atoms with Gasteiger partial charge >= 0.3 is 12.2 Å².